The quantitative estimate of drug-likeness (QED) is 0.721. The lowest BCUT2D eigenvalue weighted by molar-refractivity contribution is 0.0600. The summed E-state index contributed by atoms with van der Waals surface area (Å²) in [5.41, 5.74) is 1.16. The first-order chi connectivity index (χ1) is 7.72. The monoisotopic (exact) mass is 214 g/mol. The molecule has 0 N–H and O–H groups in total. The Morgan fingerprint density at radius 2 is 2.00 bits per heavy atom. The van der Waals surface area contributed by atoms with Crippen molar-refractivity contribution in [3.8, 4) is 12.1 Å². The molecule has 0 saturated heterocycles. The third kappa shape index (κ3) is 2.59. The van der Waals surface area contributed by atoms with Gasteiger partial charge in [0.1, 0.15) is 0 Å². The molecule has 0 aromatic heterocycles. The number of esters is 1. The van der Waals surface area contributed by atoms with Crippen molar-refractivity contribution in [1.29, 1.82) is 10.5 Å². The molecule has 0 heterocycles. The van der Waals surface area contributed by atoms with Gasteiger partial charge in [-0.25, -0.2) is 4.79 Å². The van der Waals surface area contributed by atoms with Crippen molar-refractivity contribution >= 4 is 5.97 Å². The molecule has 16 heavy (non-hydrogen) atoms. The largest absolute Gasteiger partial charge is 0.465 e. The summed E-state index contributed by atoms with van der Waals surface area (Å²) >= 11 is 0. The van der Waals surface area contributed by atoms with Crippen LogP contribution in [0, 0.1) is 22.7 Å². The second kappa shape index (κ2) is 5.53. The third-order valence-electron chi connectivity index (χ3n) is 2.19. The minimum atomic E-state index is -0.448. The van der Waals surface area contributed by atoms with Gasteiger partial charge < -0.3 is 4.74 Å². The number of benzene rings is 1. The molecule has 4 heteroatoms. The third-order valence-corrected chi connectivity index (χ3v) is 2.19. The molecule has 0 spiro atoms. The first-order valence-corrected chi connectivity index (χ1v) is 4.67. The van der Waals surface area contributed by atoms with E-state index < -0.39 is 11.9 Å². The minimum Gasteiger partial charge on any atom is -0.465 e. The smallest absolute Gasteiger partial charge is 0.337 e. The summed E-state index contributed by atoms with van der Waals surface area (Å²) in [6.45, 7) is 0. The van der Waals surface area contributed by atoms with Gasteiger partial charge in [0.05, 0.1) is 37.2 Å². The molecule has 0 aliphatic rings. The average molecular weight is 214 g/mol. The van der Waals surface area contributed by atoms with E-state index >= 15 is 0 Å². The van der Waals surface area contributed by atoms with Crippen molar-refractivity contribution < 1.29 is 9.53 Å². The first kappa shape index (κ1) is 11.7. The lowest BCUT2D eigenvalue weighted by atomic mass is 9.97. The fourth-order valence-electron chi connectivity index (χ4n) is 1.30. The van der Waals surface area contributed by atoms with Crippen molar-refractivity contribution in [2.45, 2.75) is 12.3 Å². The van der Waals surface area contributed by atoms with E-state index in [-0.39, 0.29) is 6.42 Å². The number of ether oxygens (including phenoxy) is 1. The summed E-state index contributed by atoms with van der Waals surface area (Å²) in [5.74, 6) is -0.864. The van der Waals surface area contributed by atoms with Gasteiger partial charge in [0.25, 0.3) is 0 Å². The Morgan fingerprint density at radius 1 is 1.38 bits per heavy atom. The lowest BCUT2D eigenvalue weighted by Crippen LogP contribution is -2.02. The number of rotatable bonds is 3. The van der Waals surface area contributed by atoms with Crippen LogP contribution in [0.5, 0.6) is 0 Å². The number of methoxy groups -OCH3 is 1. The van der Waals surface area contributed by atoms with Crippen LogP contribution in [0.4, 0.5) is 0 Å². The highest BCUT2D eigenvalue weighted by atomic mass is 16.5. The van der Waals surface area contributed by atoms with Gasteiger partial charge in [-0.05, 0) is 17.7 Å². The number of nitrogens with zero attached hydrogens (tertiary/aromatic N) is 2. The van der Waals surface area contributed by atoms with E-state index in [4.69, 9.17) is 10.5 Å². The van der Waals surface area contributed by atoms with E-state index in [1.807, 2.05) is 12.1 Å². The van der Waals surface area contributed by atoms with Crippen LogP contribution in [0.15, 0.2) is 24.3 Å². The van der Waals surface area contributed by atoms with Gasteiger partial charge in [0.15, 0.2) is 0 Å². The van der Waals surface area contributed by atoms with Crippen molar-refractivity contribution in [3.63, 3.8) is 0 Å². The standard InChI is InChI=1S/C12H10N2O2/c1-16-12(15)10-4-2-9(3-5-10)11(8-14)6-7-13/h2-5,11H,6H2,1H3. The average Bonchev–Trinajstić information content (AvgIpc) is 2.35. The van der Waals surface area contributed by atoms with E-state index in [1.54, 1.807) is 24.3 Å². The Hall–Kier alpha value is -2.33. The van der Waals surface area contributed by atoms with E-state index in [0.717, 1.165) is 5.56 Å². The summed E-state index contributed by atoms with van der Waals surface area (Å²) in [4.78, 5) is 11.2. The minimum absolute atomic E-state index is 0.147. The van der Waals surface area contributed by atoms with Crippen LogP contribution >= 0.6 is 0 Å². The maximum Gasteiger partial charge on any atom is 0.337 e. The summed E-state index contributed by atoms with van der Waals surface area (Å²) in [6.07, 6.45) is 0.147. The maximum absolute atomic E-state index is 11.2. The number of hydrogen-bond acceptors (Lipinski definition) is 4. The highest BCUT2D eigenvalue weighted by molar-refractivity contribution is 5.89. The molecule has 0 bridgehead atoms. The molecule has 0 radical (unpaired) electrons. The maximum atomic E-state index is 11.2. The Balaban J connectivity index is 2.91. The zero-order chi connectivity index (χ0) is 12.0. The summed E-state index contributed by atoms with van der Waals surface area (Å²) in [7, 11) is 1.31. The molecule has 0 aliphatic heterocycles. The molecular weight excluding hydrogens is 204 g/mol. The van der Waals surface area contributed by atoms with Gasteiger partial charge in [0.2, 0.25) is 0 Å². The SMILES string of the molecule is COC(=O)c1ccc(C(C#N)CC#N)cc1. The Morgan fingerprint density at radius 3 is 2.44 bits per heavy atom. The fourth-order valence-corrected chi connectivity index (χ4v) is 1.30. The zero-order valence-electron chi connectivity index (χ0n) is 8.80. The molecule has 0 amide bonds. The number of nitriles is 2. The molecule has 1 atom stereocenters. The van der Waals surface area contributed by atoms with Crippen molar-refractivity contribution in [2.24, 2.45) is 0 Å². The van der Waals surface area contributed by atoms with Crippen molar-refractivity contribution in [1.82, 2.24) is 0 Å². The fraction of sp³-hybridized carbons (Fsp3) is 0.250. The normalized spacial score (nSPS) is 10.9. The van der Waals surface area contributed by atoms with Crippen molar-refractivity contribution in [2.75, 3.05) is 7.11 Å². The summed E-state index contributed by atoms with van der Waals surface area (Å²) < 4.78 is 4.55. The molecule has 0 aliphatic carbocycles. The van der Waals surface area contributed by atoms with Gasteiger partial charge >= 0.3 is 5.97 Å². The van der Waals surface area contributed by atoms with Crippen LogP contribution in [0.2, 0.25) is 0 Å². The Labute approximate surface area is 93.7 Å². The molecule has 0 fully saturated rings. The van der Waals surface area contributed by atoms with Gasteiger partial charge in [0, 0.05) is 0 Å². The van der Waals surface area contributed by atoms with Gasteiger partial charge in [-0.15, -0.1) is 0 Å². The Kier molecular flexibility index (Phi) is 4.06. The lowest BCUT2D eigenvalue weighted by Gasteiger charge is -2.05. The molecule has 1 aromatic rings. The summed E-state index contributed by atoms with van der Waals surface area (Å²) in [6, 6.07) is 10.5. The van der Waals surface area contributed by atoms with Crippen molar-refractivity contribution in [3.05, 3.63) is 35.4 Å². The molecule has 80 valence electrons. The second-order valence-corrected chi connectivity index (χ2v) is 3.16. The topological polar surface area (TPSA) is 73.9 Å². The van der Waals surface area contributed by atoms with Gasteiger partial charge in [-0.3, -0.25) is 0 Å². The van der Waals surface area contributed by atoms with Crippen LogP contribution in [0.3, 0.4) is 0 Å². The number of hydrogen-bond donors (Lipinski definition) is 0. The molecule has 0 saturated carbocycles. The van der Waals surface area contributed by atoms with Crippen LogP contribution in [-0.4, -0.2) is 13.1 Å². The predicted molar refractivity (Wildman–Crippen MR) is 56.4 cm³/mol. The molecule has 1 unspecified atom stereocenters. The van der Waals surface area contributed by atoms with E-state index in [2.05, 4.69) is 4.74 Å². The highest BCUT2D eigenvalue weighted by Gasteiger charge is 2.11. The van der Waals surface area contributed by atoms with E-state index in [1.165, 1.54) is 7.11 Å². The van der Waals surface area contributed by atoms with Gasteiger partial charge in [-0.1, -0.05) is 12.1 Å². The van der Waals surface area contributed by atoms with E-state index in [0.29, 0.717) is 5.56 Å². The molecular formula is C12H10N2O2. The summed E-state index contributed by atoms with van der Waals surface area (Å²) in [5, 5.41) is 17.4. The van der Waals surface area contributed by atoms with Crippen LogP contribution < -0.4 is 0 Å². The predicted octanol–water partition coefficient (Wildman–Crippen LogP) is 1.99. The van der Waals surface area contributed by atoms with Crippen LogP contribution in [0.1, 0.15) is 28.3 Å². The molecule has 1 rings (SSSR count). The zero-order valence-corrected chi connectivity index (χ0v) is 8.80. The second-order valence-electron chi connectivity index (χ2n) is 3.16. The Bertz CT molecular complexity index is 451. The van der Waals surface area contributed by atoms with Crippen LogP contribution in [0.25, 0.3) is 0 Å². The van der Waals surface area contributed by atoms with Crippen LogP contribution in [-0.2, 0) is 4.74 Å². The molecule has 4 nitrogen and oxygen atoms in total. The van der Waals surface area contributed by atoms with Gasteiger partial charge in [-0.2, -0.15) is 10.5 Å². The highest BCUT2D eigenvalue weighted by Crippen LogP contribution is 2.18. The number of carbonyl (C=O) groups excluding carboxylic acids is 1. The van der Waals surface area contributed by atoms with E-state index in [9.17, 15) is 4.79 Å². The number of carbonyl (C=O) groups is 1. The first-order valence-electron chi connectivity index (χ1n) is 4.67. The molecule has 1 aromatic carbocycles.